The molecular formula is C15H21N5O. The van der Waals surface area contributed by atoms with Crippen molar-refractivity contribution in [1.29, 1.82) is 0 Å². The van der Waals surface area contributed by atoms with Gasteiger partial charge in [-0.05, 0) is 30.2 Å². The SMILES string of the molecule is CCC(C)C(N)C(=O)Nc1ccc(-c2nncn2C)cc1. The molecule has 6 heteroatoms. The highest BCUT2D eigenvalue weighted by Gasteiger charge is 2.19. The Bertz CT molecular complexity index is 605. The van der Waals surface area contributed by atoms with E-state index in [9.17, 15) is 4.79 Å². The smallest absolute Gasteiger partial charge is 0.241 e. The first-order chi connectivity index (χ1) is 10.0. The molecule has 3 N–H and O–H groups in total. The van der Waals surface area contributed by atoms with Crippen LogP contribution in [0.3, 0.4) is 0 Å². The summed E-state index contributed by atoms with van der Waals surface area (Å²) in [6, 6.07) is 6.98. The molecule has 0 radical (unpaired) electrons. The van der Waals surface area contributed by atoms with Gasteiger partial charge in [-0.2, -0.15) is 0 Å². The molecule has 0 aliphatic carbocycles. The molecule has 2 unspecified atom stereocenters. The first-order valence-electron chi connectivity index (χ1n) is 7.03. The molecule has 0 spiro atoms. The van der Waals surface area contributed by atoms with Crippen molar-refractivity contribution < 1.29 is 4.79 Å². The molecule has 2 atom stereocenters. The van der Waals surface area contributed by atoms with Crippen molar-refractivity contribution in [1.82, 2.24) is 14.8 Å². The van der Waals surface area contributed by atoms with Crippen LogP contribution in [0, 0.1) is 5.92 Å². The zero-order valence-corrected chi connectivity index (χ0v) is 12.6. The van der Waals surface area contributed by atoms with Gasteiger partial charge in [0.15, 0.2) is 5.82 Å². The number of aryl methyl sites for hydroxylation is 1. The fraction of sp³-hybridized carbons (Fsp3) is 0.400. The maximum Gasteiger partial charge on any atom is 0.241 e. The zero-order chi connectivity index (χ0) is 15.4. The lowest BCUT2D eigenvalue weighted by Gasteiger charge is -2.17. The highest BCUT2D eigenvalue weighted by atomic mass is 16.2. The van der Waals surface area contributed by atoms with Crippen molar-refractivity contribution >= 4 is 11.6 Å². The minimum atomic E-state index is -0.492. The van der Waals surface area contributed by atoms with Crippen LogP contribution in [0.4, 0.5) is 5.69 Å². The third kappa shape index (κ3) is 3.46. The number of benzene rings is 1. The topological polar surface area (TPSA) is 85.8 Å². The van der Waals surface area contributed by atoms with Crippen LogP contribution < -0.4 is 11.1 Å². The van der Waals surface area contributed by atoms with Crippen LogP contribution in [0.1, 0.15) is 20.3 Å². The van der Waals surface area contributed by atoms with E-state index in [1.54, 1.807) is 6.33 Å². The molecule has 0 fully saturated rings. The first kappa shape index (κ1) is 15.2. The summed E-state index contributed by atoms with van der Waals surface area (Å²) < 4.78 is 1.84. The molecular weight excluding hydrogens is 266 g/mol. The third-order valence-corrected chi connectivity index (χ3v) is 3.68. The van der Waals surface area contributed by atoms with Gasteiger partial charge in [0.25, 0.3) is 0 Å². The summed E-state index contributed by atoms with van der Waals surface area (Å²) >= 11 is 0. The molecule has 21 heavy (non-hydrogen) atoms. The van der Waals surface area contributed by atoms with Crippen molar-refractivity contribution in [2.45, 2.75) is 26.3 Å². The second-order valence-corrected chi connectivity index (χ2v) is 5.24. The summed E-state index contributed by atoms with van der Waals surface area (Å²) in [6.45, 7) is 3.99. The van der Waals surface area contributed by atoms with E-state index >= 15 is 0 Å². The molecule has 1 amide bonds. The van der Waals surface area contributed by atoms with Gasteiger partial charge in [-0.3, -0.25) is 4.79 Å². The Labute approximate surface area is 124 Å². The Morgan fingerprint density at radius 1 is 1.38 bits per heavy atom. The van der Waals surface area contributed by atoms with E-state index in [-0.39, 0.29) is 11.8 Å². The average Bonchev–Trinajstić information content (AvgIpc) is 2.92. The number of aromatic nitrogens is 3. The number of hydrogen-bond acceptors (Lipinski definition) is 4. The summed E-state index contributed by atoms with van der Waals surface area (Å²) in [4.78, 5) is 12.0. The van der Waals surface area contributed by atoms with Crippen molar-refractivity contribution in [3.8, 4) is 11.4 Å². The maximum absolute atomic E-state index is 12.0. The zero-order valence-electron chi connectivity index (χ0n) is 12.6. The van der Waals surface area contributed by atoms with Crippen LogP contribution in [-0.2, 0) is 11.8 Å². The minimum absolute atomic E-state index is 0.155. The van der Waals surface area contributed by atoms with Gasteiger partial charge in [-0.15, -0.1) is 10.2 Å². The van der Waals surface area contributed by atoms with E-state index in [2.05, 4.69) is 15.5 Å². The maximum atomic E-state index is 12.0. The first-order valence-corrected chi connectivity index (χ1v) is 7.03. The molecule has 6 nitrogen and oxygen atoms in total. The molecule has 0 saturated carbocycles. The van der Waals surface area contributed by atoms with Gasteiger partial charge < -0.3 is 15.6 Å². The van der Waals surface area contributed by atoms with Crippen molar-refractivity contribution in [2.75, 3.05) is 5.32 Å². The van der Waals surface area contributed by atoms with Crippen LogP contribution >= 0.6 is 0 Å². The largest absolute Gasteiger partial charge is 0.325 e. The Balaban J connectivity index is 2.06. The average molecular weight is 287 g/mol. The molecule has 0 aliphatic rings. The van der Waals surface area contributed by atoms with Crippen LogP contribution in [0.2, 0.25) is 0 Å². The summed E-state index contributed by atoms with van der Waals surface area (Å²) in [5, 5.41) is 10.7. The van der Waals surface area contributed by atoms with Gasteiger partial charge in [0.2, 0.25) is 5.91 Å². The van der Waals surface area contributed by atoms with Gasteiger partial charge in [-0.1, -0.05) is 20.3 Å². The second kappa shape index (κ2) is 6.49. The standard InChI is InChI=1S/C15H21N5O/c1-4-10(2)13(16)15(21)18-12-7-5-11(6-8-12)14-19-17-9-20(14)3/h5-10,13H,4,16H2,1-3H3,(H,18,21). The third-order valence-electron chi connectivity index (χ3n) is 3.68. The highest BCUT2D eigenvalue weighted by molar-refractivity contribution is 5.95. The molecule has 112 valence electrons. The van der Waals surface area contributed by atoms with Crippen LogP contribution in [-0.4, -0.2) is 26.7 Å². The minimum Gasteiger partial charge on any atom is -0.325 e. The summed E-state index contributed by atoms with van der Waals surface area (Å²) in [5.41, 5.74) is 7.58. The Hall–Kier alpha value is -2.21. The Morgan fingerprint density at radius 2 is 2.05 bits per heavy atom. The summed E-state index contributed by atoms with van der Waals surface area (Å²) in [7, 11) is 1.89. The molecule has 2 aromatic rings. The van der Waals surface area contributed by atoms with Gasteiger partial charge >= 0.3 is 0 Å². The van der Waals surface area contributed by atoms with Gasteiger partial charge in [-0.25, -0.2) is 0 Å². The van der Waals surface area contributed by atoms with Crippen molar-refractivity contribution in [3.05, 3.63) is 30.6 Å². The summed E-state index contributed by atoms with van der Waals surface area (Å²) in [5.74, 6) is 0.780. The number of carbonyl (C=O) groups excluding carboxylic acids is 1. The summed E-state index contributed by atoms with van der Waals surface area (Å²) in [6.07, 6.45) is 2.52. The lowest BCUT2D eigenvalue weighted by molar-refractivity contribution is -0.118. The van der Waals surface area contributed by atoms with Gasteiger partial charge in [0, 0.05) is 18.3 Å². The Kier molecular flexibility index (Phi) is 4.70. The van der Waals surface area contributed by atoms with Crippen LogP contribution in [0.15, 0.2) is 30.6 Å². The number of nitrogens with zero attached hydrogens (tertiary/aromatic N) is 3. The number of hydrogen-bond donors (Lipinski definition) is 2. The monoisotopic (exact) mass is 287 g/mol. The van der Waals surface area contributed by atoms with E-state index in [0.29, 0.717) is 0 Å². The van der Waals surface area contributed by atoms with E-state index in [0.717, 1.165) is 23.5 Å². The number of amides is 1. The van der Waals surface area contributed by atoms with E-state index in [1.807, 2.05) is 49.7 Å². The number of nitrogens with two attached hydrogens (primary N) is 1. The number of rotatable bonds is 5. The fourth-order valence-corrected chi connectivity index (χ4v) is 1.99. The molecule has 0 aliphatic heterocycles. The second-order valence-electron chi connectivity index (χ2n) is 5.24. The molecule has 0 bridgehead atoms. The van der Waals surface area contributed by atoms with Crippen molar-refractivity contribution in [2.24, 2.45) is 18.7 Å². The normalized spacial score (nSPS) is 13.7. The molecule has 0 saturated heterocycles. The predicted molar refractivity (Wildman–Crippen MR) is 82.5 cm³/mol. The van der Waals surface area contributed by atoms with E-state index < -0.39 is 6.04 Å². The van der Waals surface area contributed by atoms with E-state index in [4.69, 9.17) is 5.73 Å². The Morgan fingerprint density at radius 3 is 2.57 bits per heavy atom. The van der Waals surface area contributed by atoms with Gasteiger partial charge in [0.1, 0.15) is 6.33 Å². The van der Waals surface area contributed by atoms with E-state index in [1.165, 1.54) is 0 Å². The molecule has 2 rings (SSSR count). The number of nitrogens with one attached hydrogen (secondary N) is 1. The highest BCUT2D eigenvalue weighted by Crippen LogP contribution is 2.19. The fourth-order valence-electron chi connectivity index (χ4n) is 1.99. The lowest BCUT2D eigenvalue weighted by Crippen LogP contribution is -2.40. The lowest BCUT2D eigenvalue weighted by atomic mass is 9.99. The molecule has 1 aromatic carbocycles. The predicted octanol–water partition coefficient (Wildman–Crippen LogP) is 1.79. The van der Waals surface area contributed by atoms with Gasteiger partial charge in [0.05, 0.1) is 6.04 Å². The molecule has 1 heterocycles. The van der Waals surface area contributed by atoms with Crippen LogP contribution in [0.25, 0.3) is 11.4 Å². The van der Waals surface area contributed by atoms with Crippen LogP contribution in [0.5, 0.6) is 0 Å². The number of anilines is 1. The quantitative estimate of drug-likeness (QED) is 0.878. The van der Waals surface area contributed by atoms with Crippen molar-refractivity contribution in [3.63, 3.8) is 0 Å². The number of carbonyl (C=O) groups is 1. The molecule has 1 aromatic heterocycles.